The summed E-state index contributed by atoms with van der Waals surface area (Å²) in [5.41, 5.74) is 2.65. The highest BCUT2D eigenvalue weighted by atomic mass is 32.1. The quantitative estimate of drug-likeness (QED) is 0.805. The van der Waals surface area contributed by atoms with E-state index < -0.39 is 0 Å². The summed E-state index contributed by atoms with van der Waals surface area (Å²) < 4.78 is 10.9. The maximum absolute atomic E-state index is 12.4. The molecule has 1 fully saturated rings. The van der Waals surface area contributed by atoms with Crippen LogP contribution in [0.4, 0.5) is 5.13 Å². The number of thiazole rings is 1. The second-order valence-electron chi connectivity index (χ2n) is 6.54. The Kier molecular flexibility index (Phi) is 6.73. The van der Waals surface area contributed by atoms with E-state index in [0.717, 1.165) is 44.1 Å². The molecule has 2 heterocycles. The van der Waals surface area contributed by atoms with Gasteiger partial charge in [-0.05, 0) is 31.5 Å². The van der Waals surface area contributed by atoms with Gasteiger partial charge in [0.25, 0.3) is 5.91 Å². The Morgan fingerprint density at radius 1 is 1.31 bits per heavy atom. The number of morpholine rings is 1. The first kappa shape index (κ1) is 19.0. The van der Waals surface area contributed by atoms with Crippen molar-refractivity contribution in [2.75, 3.05) is 31.6 Å². The molecule has 7 heteroatoms. The fraction of sp³-hybridized carbons (Fsp3) is 0.474. The zero-order chi connectivity index (χ0) is 18.4. The number of nitrogens with one attached hydrogen (secondary N) is 1. The number of ether oxygens (including phenoxy) is 2. The third-order valence-electron chi connectivity index (χ3n) is 4.06. The van der Waals surface area contributed by atoms with Gasteiger partial charge in [-0.25, -0.2) is 4.98 Å². The summed E-state index contributed by atoms with van der Waals surface area (Å²) >= 11 is 1.45. The molecule has 0 radical (unpaired) electrons. The second-order valence-corrected chi connectivity index (χ2v) is 7.40. The zero-order valence-electron chi connectivity index (χ0n) is 15.2. The maximum Gasteiger partial charge on any atom is 0.257 e. The van der Waals surface area contributed by atoms with E-state index in [0.29, 0.717) is 17.3 Å². The summed E-state index contributed by atoms with van der Waals surface area (Å²) in [4.78, 5) is 19.2. The first-order chi connectivity index (χ1) is 12.6. The number of hydrogen-bond donors (Lipinski definition) is 1. The summed E-state index contributed by atoms with van der Waals surface area (Å²) in [5.74, 6) is -0.145. The van der Waals surface area contributed by atoms with E-state index in [-0.39, 0.29) is 12.0 Å². The molecule has 1 aromatic carbocycles. The van der Waals surface area contributed by atoms with Gasteiger partial charge >= 0.3 is 0 Å². The molecule has 26 heavy (non-hydrogen) atoms. The molecule has 140 valence electrons. The van der Waals surface area contributed by atoms with Crippen LogP contribution in [0, 0.1) is 0 Å². The van der Waals surface area contributed by atoms with Crippen LogP contribution in [0.3, 0.4) is 0 Å². The minimum absolute atomic E-state index is 0.145. The maximum atomic E-state index is 12.4. The highest BCUT2D eigenvalue weighted by molar-refractivity contribution is 7.13. The molecule has 0 saturated carbocycles. The Hall–Kier alpha value is -1.80. The van der Waals surface area contributed by atoms with Crippen molar-refractivity contribution in [2.24, 2.45) is 0 Å². The molecule has 0 atom stereocenters. The lowest BCUT2D eigenvalue weighted by Crippen LogP contribution is -2.35. The van der Waals surface area contributed by atoms with Gasteiger partial charge in [0.15, 0.2) is 5.13 Å². The van der Waals surface area contributed by atoms with Crippen molar-refractivity contribution in [3.8, 4) is 0 Å². The van der Waals surface area contributed by atoms with Gasteiger partial charge in [0.1, 0.15) is 0 Å². The average Bonchev–Trinajstić information content (AvgIpc) is 3.08. The van der Waals surface area contributed by atoms with Gasteiger partial charge in [-0.2, -0.15) is 0 Å². The Morgan fingerprint density at radius 3 is 2.73 bits per heavy atom. The van der Waals surface area contributed by atoms with Crippen molar-refractivity contribution in [3.05, 3.63) is 46.5 Å². The molecule has 1 amide bonds. The number of aromatic nitrogens is 1. The first-order valence-corrected chi connectivity index (χ1v) is 9.74. The lowest BCUT2D eigenvalue weighted by molar-refractivity contribution is 0.0337. The second kappa shape index (κ2) is 9.23. The zero-order valence-corrected chi connectivity index (χ0v) is 16.1. The number of carbonyl (C=O) groups excluding carboxylic acids is 1. The van der Waals surface area contributed by atoms with Crippen LogP contribution >= 0.6 is 11.3 Å². The van der Waals surface area contributed by atoms with Gasteiger partial charge in [0.05, 0.1) is 31.6 Å². The molecule has 1 aromatic heterocycles. The SMILES string of the molecule is CC(C)OCc1ccc(C(=O)Nc2nc(CN3CCOCC3)cs2)cc1. The van der Waals surface area contributed by atoms with Gasteiger partial charge in [-0.3, -0.25) is 15.0 Å². The predicted octanol–water partition coefficient (Wildman–Crippen LogP) is 3.15. The molecule has 1 saturated heterocycles. The van der Waals surface area contributed by atoms with Crippen molar-refractivity contribution in [1.82, 2.24) is 9.88 Å². The molecule has 1 aliphatic heterocycles. The molecule has 3 rings (SSSR count). The summed E-state index contributed by atoms with van der Waals surface area (Å²) in [6, 6.07) is 7.47. The van der Waals surface area contributed by atoms with Gasteiger partial charge in [0.2, 0.25) is 0 Å². The Morgan fingerprint density at radius 2 is 2.04 bits per heavy atom. The number of rotatable bonds is 7. The minimum Gasteiger partial charge on any atom is -0.379 e. The molecule has 0 aliphatic carbocycles. The van der Waals surface area contributed by atoms with Crippen LogP contribution in [-0.4, -0.2) is 48.2 Å². The molecular weight excluding hydrogens is 350 g/mol. The molecule has 1 aliphatic rings. The van der Waals surface area contributed by atoms with E-state index in [1.807, 2.05) is 43.5 Å². The van der Waals surface area contributed by atoms with Crippen LogP contribution in [0.2, 0.25) is 0 Å². The lowest BCUT2D eigenvalue weighted by Gasteiger charge is -2.25. The van der Waals surface area contributed by atoms with Gasteiger partial charge < -0.3 is 9.47 Å². The Bertz CT molecular complexity index is 709. The van der Waals surface area contributed by atoms with Crippen LogP contribution in [0.25, 0.3) is 0 Å². The van der Waals surface area contributed by atoms with E-state index in [1.54, 1.807) is 0 Å². The smallest absolute Gasteiger partial charge is 0.257 e. The monoisotopic (exact) mass is 375 g/mol. The number of carbonyl (C=O) groups is 1. The largest absolute Gasteiger partial charge is 0.379 e. The predicted molar refractivity (Wildman–Crippen MR) is 103 cm³/mol. The summed E-state index contributed by atoms with van der Waals surface area (Å²) in [5, 5.41) is 5.51. The van der Waals surface area contributed by atoms with Crippen molar-refractivity contribution >= 4 is 22.4 Å². The van der Waals surface area contributed by atoms with E-state index >= 15 is 0 Å². The summed E-state index contributed by atoms with van der Waals surface area (Å²) in [6.07, 6.45) is 0.189. The van der Waals surface area contributed by atoms with Crippen molar-refractivity contribution < 1.29 is 14.3 Å². The molecule has 0 bridgehead atoms. The number of anilines is 1. The van der Waals surface area contributed by atoms with Crippen molar-refractivity contribution in [1.29, 1.82) is 0 Å². The van der Waals surface area contributed by atoms with E-state index in [2.05, 4.69) is 15.2 Å². The van der Waals surface area contributed by atoms with Crippen LogP contribution in [0.1, 0.15) is 35.5 Å². The lowest BCUT2D eigenvalue weighted by atomic mass is 10.1. The topological polar surface area (TPSA) is 63.7 Å². The van der Waals surface area contributed by atoms with Gasteiger partial charge in [0, 0.05) is 30.6 Å². The normalized spacial score (nSPS) is 15.3. The van der Waals surface area contributed by atoms with Gasteiger partial charge in [-0.15, -0.1) is 11.3 Å². The summed E-state index contributed by atoms with van der Waals surface area (Å²) in [6.45, 7) is 8.74. The average molecular weight is 375 g/mol. The Labute approximate surface area is 158 Å². The fourth-order valence-electron chi connectivity index (χ4n) is 2.61. The van der Waals surface area contributed by atoms with Crippen LogP contribution in [0.15, 0.2) is 29.6 Å². The van der Waals surface area contributed by atoms with Crippen LogP contribution in [0.5, 0.6) is 0 Å². The number of hydrogen-bond acceptors (Lipinski definition) is 6. The van der Waals surface area contributed by atoms with Crippen LogP contribution in [-0.2, 0) is 22.6 Å². The highest BCUT2D eigenvalue weighted by Crippen LogP contribution is 2.18. The van der Waals surface area contributed by atoms with E-state index in [1.165, 1.54) is 11.3 Å². The van der Waals surface area contributed by atoms with E-state index in [4.69, 9.17) is 9.47 Å². The fourth-order valence-corrected chi connectivity index (χ4v) is 3.31. The first-order valence-electron chi connectivity index (χ1n) is 8.86. The molecule has 6 nitrogen and oxygen atoms in total. The van der Waals surface area contributed by atoms with Crippen LogP contribution < -0.4 is 5.32 Å². The van der Waals surface area contributed by atoms with E-state index in [9.17, 15) is 4.79 Å². The molecule has 2 aromatic rings. The number of amides is 1. The Balaban J connectivity index is 1.52. The highest BCUT2D eigenvalue weighted by Gasteiger charge is 2.14. The minimum atomic E-state index is -0.145. The third-order valence-corrected chi connectivity index (χ3v) is 4.87. The third kappa shape index (κ3) is 5.60. The standard InChI is InChI=1S/C19H25N3O3S/c1-14(2)25-12-15-3-5-16(6-4-15)18(23)21-19-20-17(13-26-19)11-22-7-9-24-10-8-22/h3-6,13-14H,7-12H2,1-2H3,(H,20,21,23). The van der Waals surface area contributed by atoms with Crippen molar-refractivity contribution in [2.45, 2.75) is 33.1 Å². The molecule has 0 unspecified atom stereocenters. The molecule has 1 N–H and O–H groups in total. The van der Waals surface area contributed by atoms with Crippen molar-refractivity contribution in [3.63, 3.8) is 0 Å². The molecular formula is C19H25N3O3S. The van der Waals surface area contributed by atoms with Gasteiger partial charge in [-0.1, -0.05) is 12.1 Å². The summed E-state index contributed by atoms with van der Waals surface area (Å²) in [7, 11) is 0. The molecule has 0 spiro atoms. The number of nitrogens with zero attached hydrogens (tertiary/aromatic N) is 2. The number of benzene rings is 1.